The summed E-state index contributed by atoms with van der Waals surface area (Å²) in [6.45, 7) is -1.47. The van der Waals surface area contributed by atoms with Crippen LogP contribution in [0, 0.1) is 0 Å². The van der Waals surface area contributed by atoms with Gasteiger partial charge in [-0.25, -0.2) is 8.42 Å². The van der Waals surface area contributed by atoms with Crippen LogP contribution in [0.3, 0.4) is 0 Å². The molecule has 0 heterocycles. The van der Waals surface area contributed by atoms with E-state index in [1.165, 1.54) is 42.5 Å². The van der Waals surface area contributed by atoms with E-state index in [0.29, 0.717) is 5.56 Å². The number of sulfone groups is 1. The number of ether oxygens (including phenoxy) is 1. The lowest BCUT2D eigenvalue weighted by Crippen LogP contribution is -2.20. The van der Waals surface area contributed by atoms with Crippen molar-refractivity contribution in [2.75, 3.05) is 18.2 Å². The fourth-order valence-corrected chi connectivity index (χ4v) is 2.90. The normalized spacial score (nSPS) is 11.8. The second-order valence-electron chi connectivity index (χ2n) is 5.62. The average Bonchev–Trinajstić information content (AvgIpc) is 2.52. The zero-order valence-corrected chi connectivity index (χ0v) is 14.5. The van der Waals surface area contributed by atoms with Crippen molar-refractivity contribution < 1.29 is 31.1 Å². The molecule has 5 nitrogen and oxygen atoms in total. The van der Waals surface area contributed by atoms with Gasteiger partial charge in [0, 0.05) is 11.8 Å². The SMILES string of the molecule is CS(=O)(=O)Cc1ccc(C(=O)Nc2ccccc2OCC(F)(F)F)cc1. The predicted octanol–water partition coefficient (Wildman–Crippen LogP) is 3.42. The number of para-hydroxylation sites is 2. The van der Waals surface area contributed by atoms with E-state index < -0.39 is 28.5 Å². The average molecular weight is 387 g/mol. The number of amides is 1. The highest BCUT2D eigenvalue weighted by atomic mass is 32.2. The number of anilines is 1. The van der Waals surface area contributed by atoms with E-state index in [-0.39, 0.29) is 22.8 Å². The summed E-state index contributed by atoms with van der Waals surface area (Å²) in [5.74, 6) is -0.811. The highest BCUT2D eigenvalue weighted by molar-refractivity contribution is 7.89. The third-order valence-electron chi connectivity index (χ3n) is 3.17. The maximum atomic E-state index is 12.3. The van der Waals surface area contributed by atoms with Crippen LogP contribution in [0.4, 0.5) is 18.9 Å². The summed E-state index contributed by atoms with van der Waals surface area (Å²) in [5, 5.41) is 2.48. The van der Waals surface area contributed by atoms with Crippen LogP contribution < -0.4 is 10.1 Å². The van der Waals surface area contributed by atoms with Crippen molar-refractivity contribution in [2.45, 2.75) is 11.9 Å². The van der Waals surface area contributed by atoms with Gasteiger partial charge in [-0.2, -0.15) is 13.2 Å². The van der Waals surface area contributed by atoms with Crippen LogP contribution >= 0.6 is 0 Å². The smallest absolute Gasteiger partial charge is 0.422 e. The number of carbonyl (C=O) groups excluding carboxylic acids is 1. The molecule has 2 aromatic carbocycles. The monoisotopic (exact) mass is 387 g/mol. The summed E-state index contributed by atoms with van der Waals surface area (Å²) in [6, 6.07) is 11.7. The van der Waals surface area contributed by atoms with E-state index in [4.69, 9.17) is 4.74 Å². The van der Waals surface area contributed by atoms with Gasteiger partial charge in [0.1, 0.15) is 5.75 Å². The van der Waals surface area contributed by atoms with Crippen LogP contribution in [0.15, 0.2) is 48.5 Å². The van der Waals surface area contributed by atoms with Gasteiger partial charge in [-0.15, -0.1) is 0 Å². The maximum absolute atomic E-state index is 12.3. The van der Waals surface area contributed by atoms with Crippen molar-refractivity contribution in [3.63, 3.8) is 0 Å². The summed E-state index contributed by atoms with van der Waals surface area (Å²) in [7, 11) is -3.19. The van der Waals surface area contributed by atoms with Crippen molar-refractivity contribution in [2.24, 2.45) is 0 Å². The molecule has 1 amide bonds. The van der Waals surface area contributed by atoms with E-state index in [1.54, 1.807) is 6.07 Å². The highest BCUT2D eigenvalue weighted by Gasteiger charge is 2.28. The van der Waals surface area contributed by atoms with Gasteiger partial charge in [0.05, 0.1) is 11.4 Å². The van der Waals surface area contributed by atoms with Crippen molar-refractivity contribution in [3.8, 4) is 5.75 Å². The second kappa shape index (κ2) is 7.77. The van der Waals surface area contributed by atoms with Crippen LogP contribution in [0.2, 0.25) is 0 Å². The molecule has 0 aromatic heterocycles. The van der Waals surface area contributed by atoms with Gasteiger partial charge in [-0.05, 0) is 29.8 Å². The van der Waals surface area contributed by atoms with Crippen LogP contribution in [0.5, 0.6) is 5.75 Å². The Morgan fingerprint density at radius 2 is 1.69 bits per heavy atom. The summed E-state index contributed by atoms with van der Waals surface area (Å²) in [6.07, 6.45) is -3.39. The molecular formula is C17H16F3NO4S. The molecule has 0 radical (unpaired) electrons. The summed E-state index contributed by atoms with van der Waals surface area (Å²) < 4.78 is 64.1. The molecule has 2 rings (SSSR count). The molecule has 0 aliphatic rings. The highest BCUT2D eigenvalue weighted by Crippen LogP contribution is 2.26. The molecule has 2 aromatic rings. The molecule has 0 atom stereocenters. The number of halogens is 3. The topological polar surface area (TPSA) is 72.5 Å². The van der Waals surface area contributed by atoms with Gasteiger partial charge >= 0.3 is 6.18 Å². The maximum Gasteiger partial charge on any atom is 0.422 e. The van der Waals surface area contributed by atoms with Gasteiger partial charge in [-0.1, -0.05) is 24.3 Å². The van der Waals surface area contributed by atoms with E-state index in [1.807, 2.05) is 0 Å². The first-order chi connectivity index (χ1) is 12.0. The first-order valence-corrected chi connectivity index (χ1v) is 9.46. The standard InChI is InChI=1S/C17H16F3NO4S/c1-26(23,24)10-12-6-8-13(9-7-12)16(22)21-14-4-2-3-5-15(14)25-11-17(18,19)20/h2-9H,10-11H2,1H3,(H,21,22). The summed E-state index contributed by atoms with van der Waals surface area (Å²) in [5.41, 5.74) is 0.854. The Labute approximate surface area is 148 Å². The van der Waals surface area contributed by atoms with Crippen molar-refractivity contribution >= 4 is 21.4 Å². The zero-order chi connectivity index (χ0) is 19.4. The van der Waals surface area contributed by atoms with Gasteiger partial charge in [-0.3, -0.25) is 4.79 Å². The number of alkyl halides is 3. The van der Waals surface area contributed by atoms with E-state index in [0.717, 1.165) is 6.26 Å². The lowest BCUT2D eigenvalue weighted by Gasteiger charge is -2.14. The Morgan fingerprint density at radius 1 is 1.08 bits per heavy atom. The molecule has 1 N–H and O–H groups in total. The Hall–Kier alpha value is -2.55. The molecule has 0 fully saturated rings. The Bertz CT molecular complexity index is 878. The molecule has 0 saturated heterocycles. The van der Waals surface area contributed by atoms with Crippen molar-refractivity contribution in [1.82, 2.24) is 0 Å². The van der Waals surface area contributed by atoms with Gasteiger partial charge in [0.15, 0.2) is 16.4 Å². The zero-order valence-electron chi connectivity index (χ0n) is 13.7. The van der Waals surface area contributed by atoms with Crippen molar-refractivity contribution in [1.29, 1.82) is 0 Å². The Morgan fingerprint density at radius 3 is 2.27 bits per heavy atom. The predicted molar refractivity (Wildman–Crippen MR) is 90.9 cm³/mol. The minimum Gasteiger partial charge on any atom is -0.482 e. The lowest BCUT2D eigenvalue weighted by molar-refractivity contribution is -0.153. The number of hydrogen-bond acceptors (Lipinski definition) is 4. The molecule has 140 valence electrons. The molecule has 0 aliphatic heterocycles. The minimum absolute atomic E-state index is 0.0990. The molecule has 0 aliphatic carbocycles. The number of rotatable bonds is 6. The fourth-order valence-electron chi connectivity index (χ4n) is 2.10. The molecule has 0 saturated carbocycles. The first-order valence-electron chi connectivity index (χ1n) is 7.40. The molecule has 9 heteroatoms. The fraction of sp³-hybridized carbons (Fsp3) is 0.235. The number of benzene rings is 2. The Kier molecular flexibility index (Phi) is 5.91. The van der Waals surface area contributed by atoms with E-state index in [2.05, 4.69) is 5.32 Å². The molecule has 0 unspecified atom stereocenters. The van der Waals surface area contributed by atoms with E-state index >= 15 is 0 Å². The number of nitrogens with one attached hydrogen (secondary N) is 1. The Balaban J connectivity index is 2.10. The molecule has 0 bridgehead atoms. The van der Waals surface area contributed by atoms with Crippen LogP contribution in [-0.2, 0) is 15.6 Å². The van der Waals surface area contributed by atoms with Gasteiger partial charge in [0.2, 0.25) is 0 Å². The minimum atomic E-state index is -4.49. The van der Waals surface area contributed by atoms with E-state index in [9.17, 15) is 26.4 Å². The summed E-state index contributed by atoms with van der Waals surface area (Å²) in [4.78, 5) is 12.3. The first kappa shape index (κ1) is 19.8. The van der Waals surface area contributed by atoms with Crippen molar-refractivity contribution in [3.05, 3.63) is 59.7 Å². The quantitative estimate of drug-likeness (QED) is 0.824. The number of carbonyl (C=O) groups is 1. The molecule has 0 spiro atoms. The van der Waals surface area contributed by atoms with Crippen LogP contribution in [-0.4, -0.2) is 33.4 Å². The second-order valence-corrected chi connectivity index (χ2v) is 7.76. The van der Waals surface area contributed by atoms with Crippen LogP contribution in [0.25, 0.3) is 0 Å². The third-order valence-corrected chi connectivity index (χ3v) is 4.03. The largest absolute Gasteiger partial charge is 0.482 e. The molecular weight excluding hydrogens is 371 g/mol. The van der Waals surface area contributed by atoms with Gasteiger partial charge < -0.3 is 10.1 Å². The number of hydrogen-bond donors (Lipinski definition) is 1. The summed E-state index contributed by atoms with van der Waals surface area (Å²) >= 11 is 0. The van der Waals surface area contributed by atoms with Crippen LogP contribution in [0.1, 0.15) is 15.9 Å². The van der Waals surface area contributed by atoms with Gasteiger partial charge in [0.25, 0.3) is 5.91 Å². The molecule has 26 heavy (non-hydrogen) atoms. The third kappa shape index (κ3) is 6.40. The lowest BCUT2D eigenvalue weighted by atomic mass is 10.1.